The number of benzene rings is 1. The monoisotopic (exact) mass is 574 g/mol. The van der Waals surface area contributed by atoms with Gasteiger partial charge in [0.15, 0.2) is 0 Å². The van der Waals surface area contributed by atoms with E-state index in [2.05, 4.69) is 30.5 Å². The third-order valence-electron chi connectivity index (χ3n) is 7.07. The van der Waals surface area contributed by atoms with E-state index < -0.39 is 40.6 Å². The molecule has 12 nitrogen and oxygen atoms in total. The van der Waals surface area contributed by atoms with Crippen molar-refractivity contribution in [2.45, 2.75) is 89.2 Å². The van der Waals surface area contributed by atoms with Crippen molar-refractivity contribution < 1.29 is 28.0 Å². The molecule has 4 rings (SSSR count). The van der Waals surface area contributed by atoms with E-state index >= 15 is 0 Å². The van der Waals surface area contributed by atoms with Crippen LogP contribution in [0.15, 0.2) is 22.2 Å². The Hall–Kier alpha value is -3.45. The third kappa shape index (κ3) is 7.60. The summed E-state index contributed by atoms with van der Waals surface area (Å²) in [6.07, 6.45) is 6.03. The fourth-order valence-electron chi connectivity index (χ4n) is 5.29. The van der Waals surface area contributed by atoms with Gasteiger partial charge in [0.25, 0.3) is 0 Å². The van der Waals surface area contributed by atoms with E-state index in [0.29, 0.717) is 24.0 Å². The Bertz CT molecular complexity index is 1340. The number of hydrogen-bond donors (Lipinski definition) is 5. The number of fused-ring (bicyclic) bond motifs is 1. The number of anilines is 1. The number of rotatable bonds is 13. The summed E-state index contributed by atoms with van der Waals surface area (Å²) in [4.78, 5) is 37.6. The number of carboxylic acid groups (broad SMARTS) is 1. The number of aromatic nitrogens is 2. The number of hydrogen-bond acceptors (Lipinski definition) is 8. The smallest absolute Gasteiger partial charge is 0.323 e. The summed E-state index contributed by atoms with van der Waals surface area (Å²) in [5.41, 5.74) is 5.18. The van der Waals surface area contributed by atoms with Gasteiger partial charge < -0.3 is 25.6 Å². The van der Waals surface area contributed by atoms with Gasteiger partial charge in [-0.15, -0.1) is 0 Å². The SMILES string of the molecule is Cc1cc(C)c(S(=O)(=O)NC(CNC(=O)CC2CC(CCCNc3nc4c([nH]3)CCCC4)=NO2)C(=O)O)c(C)c1. The maximum Gasteiger partial charge on any atom is 0.323 e. The molecule has 1 aliphatic heterocycles. The van der Waals surface area contributed by atoms with Crippen molar-refractivity contribution in [1.82, 2.24) is 20.0 Å². The van der Waals surface area contributed by atoms with Crippen LogP contribution in [0.4, 0.5) is 5.95 Å². The molecule has 5 N–H and O–H groups in total. The Labute approximate surface area is 234 Å². The number of carbonyl (C=O) groups is 2. The van der Waals surface area contributed by atoms with Crippen LogP contribution in [0.2, 0.25) is 0 Å². The van der Waals surface area contributed by atoms with E-state index in [1.165, 1.54) is 18.5 Å². The first-order valence-electron chi connectivity index (χ1n) is 13.6. The van der Waals surface area contributed by atoms with Crippen molar-refractivity contribution >= 4 is 33.6 Å². The third-order valence-corrected chi connectivity index (χ3v) is 8.85. The van der Waals surface area contributed by atoms with Crippen LogP contribution < -0.4 is 15.4 Å². The van der Waals surface area contributed by atoms with Crippen LogP contribution >= 0.6 is 0 Å². The highest BCUT2D eigenvalue weighted by molar-refractivity contribution is 7.89. The molecule has 0 bridgehead atoms. The molecule has 2 aliphatic rings. The molecule has 0 saturated carbocycles. The van der Waals surface area contributed by atoms with Gasteiger partial charge in [-0.1, -0.05) is 22.9 Å². The lowest BCUT2D eigenvalue weighted by molar-refractivity contribution is -0.139. The minimum Gasteiger partial charge on any atom is -0.480 e. The summed E-state index contributed by atoms with van der Waals surface area (Å²) in [6.45, 7) is 5.49. The molecular weight excluding hydrogens is 536 g/mol. The Morgan fingerprint density at radius 1 is 1.18 bits per heavy atom. The largest absolute Gasteiger partial charge is 0.480 e. The van der Waals surface area contributed by atoms with Gasteiger partial charge in [-0.3, -0.25) is 9.59 Å². The highest BCUT2D eigenvalue weighted by Gasteiger charge is 2.29. The number of oxime groups is 1. The van der Waals surface area contributed by atoms with Gasteiger partial charge in [-0.25, -0.2) is 13.4 Å². The van der Waals surface area contributed by atoms with Gasteiger partial charge in [0.1, 0.15) is 12.1 Å². The first-order chi connectivity index (χ1) is 19.0. The molecule has 1 amide bonds. The Morgan fingerprint density at radius 3 is 2.60 bits per heavy atom. The highest BCUT2D eigenvalue weighted by atomic mass is 32.2. The number of aryl methyl sites for hydroxylation is 5. The summed E-state index contributed by atoms with van der Waals surface area (Å²) < 4.78 is 28.1. The maximum atomic E-state index is 13.0. The number of imidazole rings is 1. The van der Waals surface area contributed by atoms with E-state index in [4.69, 9.17) is 4.84 Å². The average molecular weight is 575 g/mol. The van der Waals surface area contributed by atoms with Crippen molar-refractivity contribution in [3.8, 4) is 0 Å². The minimum absolute atomic E-state index is 0.0154. The van der Waals surface area contributed by atoms with Gasteiger partial charge in [0.2, 0.25) is 21.9 Å². The van der Waals surface area contributed by atoms with Crippen molar-refractivity contribution in [2.24, 2.45) is 5.16 Å². The molecule has 0 fully saturated rings. The molecule has 2 atom stereocenters. The zero-order valence-corrected chi connectivity index (χ0v) is 24.0. The molecule has 0 spiro atoms. The van der Waals surface area contributed by atoms with Crippen LogP contribution in [0.1, 0.15) is 66.6 Å². The molecule has 1 aliphatic carbocycles. The van der Waals surface area contributed by atoms with Gasteiger partial charge in [-0.05, 0) is 70.4 Å². The second-order valence-corrected chi connectivity index (χ2v) is 12.2. The van der Waals surface area contributed by atoms with Crippen LogP contribution in [0.3, 0.4) is 0 Å². The number of sulfonamides is 1. The molecule has 2 unspecified atom stereocenters. The van der Waals surface area contributed by atoms with Crippen LogP contribution in [-0.4, -0.2) is 66.3 Å². The molecule has 2 heterocycles. The van der Waals surface area contributed by atoms with Crippen LogP contribution in [0.5, 0.6) is 0 Å². The topological polar surface area (TPSA) is 175 Å². The van der Waals surface area contributed by atoms with Crippen LogP contribution in [0.25, 0.3) is 0 Å². The van der Waals surface area contributed by atoms with Gasteiger partial charge in [0, 0.05) is 25.2 Å². The number of amides is 1. The Balaban J connectivity index is 1.18. The number of carboxylic acids is 1. The second kappa shape index (κ2) is 12.8. The number of H-pyrrole nitrogens is 1. The lowest BCUT2D eigenvalue weighted by Crippen LogP contribution is -2.48. The maximum absolute atomic E-state index is 13.0. The normalized spacial score (nSPS) is 17.5. The predicted molar refractivity (Wildman–Crippen MR) is 150 cm³/mol. The Morgan fingerprint density at radius 2 is 1.90 bits per heavy atom. The van der Waals surface area contributed by atoms with Gasteiger partial charge >= 0.3 is 5.97 Å². The minimum atomic E-state index is -4.13. The number of nitrogens with one attached hydrogen (secondary N) is 4. The van der Waals surface area contributed by atoms with E-state index in [1.54, 1.807) is 26.0 Å². The standard InChI is InChI=1S/C27H38N6O6S/c1-16-11-17(2)25(18(3)12-16)40(37,38)33-23(26(35)36)15-29-24(34)14-20-13-19(32-39-20)7-6-10-28-27-30-21-8-4-5-9-22(21)31-27/h11-12,20,23,33H,4-10,13-15H2,1-3H3,(H,29,34)(H,35,36)(H2,28,30,31). The fraction of sp³-hybridized carbons (Fsp3) is 0.556. The number of aromatic amines is 1. The number of aliphatic carboxylic acids is 1. The fourth-order valence-corrected chi connectivity index (χ4v) is 6.93. The molecule has 0 radical (unpaired) electrons. The van der Waals surface area contributed by atoms with Crippen molar-refractivity contribution in [2.75, 3.05) is 18.4 Å². The lowest BCUT2D eigenvalue weighted by atomic mass is 10.0. The van der Waals surface area contributed by atoms with Crippen LogP contribution in [0, 0.1) is 20.8 Å². The molecular formula is C27H38N6O6S. The van der Waals surface area contributed by atoms with E-state index in [1.807, 2.05) is 6.92 Å². The zero-order chi connectivity index (χ0) is 28.9. The highest BCUT2D eigenvalue weighted by Crippen LogP contribution is 2.23. The molecule has 13 heteroatoms. The van der Waals surface area contributed by atoms with E-state index in [9.17, 15) is 23.1 Å². The summed E-state index contributed by atoms with van der Waals surface area (Å²) >= 11 is 0. The molecule has 2 aromatic rings. The number of carbonyl (C=O) groups excluding carboxylic acids is 1. The quantitative estimate of drug-likeness (QED) is 0.227. The van der Waals surface area contributed by atoms with Crippen LogP contribution in [-0.2, 0) is 37.3 Å². The zero-order valence-electron chi connectivity index (χ0n) is 23.2. The van der Waals surface area contributed by atoms with E-state index in [0.717, 1.165) is 48.7 Å². The predicted octanol–water partition coefficient (Wildman–Crippen LogP) is 2.49. The summed E-state index contributed by atoms with van der Waals surface area (Å²) in [5, 5.41) is 19.5. The first-order valence-corrected chi connectivity index (χ1v) is 15.1. The average Bonchev–Trinajstić information content (AvgIpc) is 3.49. The van der Waals surface area contributed by atoms with Gasteiger partial charge in [0.05, 0.1) is 22.7 Å². The molecule has 0 saturated heterocycles. The summed E-state index contributed by atoms with van der Waals surface area (Å²) in [7, 11) is -4.13. The molecule has 1 aromatic carbocycles. The van der Waals surface area contributed by atoms with Crippen molar-refractivity contribution in [3.63, 3.8) is 0 Å². The molecule has 40 heavy (non-hydrogen) atoms. The first kappa shape index (κ1) is 29.5. The lowest BCUT2D eigenvalue weighted by Gasteiger charge is -2.18. The van der Waals surface area contributed by atoms with Crippen molar-refractivity contribution in [3.05, 3.63) is 40.2 Å². The summed E-state index contributed by atoms with van der Waals surface area (Å²) in [5.74, 6) is -1.03. The molecule has 1 aromatic heterocycles. The summed E-state index contributed by atoms with van der Waals surface area (Å²) in [6, 6.07) is 1.91. The van der Waals surface area contributed by atoms with E-state index in [-0.39, 0.29) is 11.3 Å². The number of nitrogens with zero attached hydrogens (tertiary/aromatic N) is 2. The van der Waals surface area contributed by atoms with Crippen molar-refractivity contribution in [1.29, 1.82) is 0 Å². The second-order valence-electron chi connectivity index (χ2n) is 10.6. The Kier molecular flexibility index (Phi) is 9.46. The van der Waals surface area contributed by atoms with Gasteiger partial charge in [-0.2, -0.15) is 4.72 Å². The molecule has 218 valence electrons.